The molecule has 0 aromatic carbocycles. The molecule has 5 heterocycles. The lowest BCUT2D eigenvalue weighted by Crippen LogP contribution is -2.46. The van der Waals surface area contributed by atoms with Gasteiger partial charge < -0.3 is 14.9 Å². The van der Waals surface area contributed by atoms with E-state index >= 15 is 0 Å². The van der Waals surface area contributed by atoms with E-state index in [2.05, 4.69) is 31.9 Å². The van der Waals surface area contributed by atoms with E-state index < -0.39 is 0 Å². The Morgan fingerprint density at radius 2 is 1.81 bits per heavy atom. The molecule has 0 amide bonds. The number of hydrogen-bond acceptors (Lipinski definition) is 4. The summed E-state index contributed by atoms with van der Waals surface area (Å²) in [4.78, 5) is 29.5. The van der Waals surface area contributed by atoms with Crippen LogP contribution in [0, 0.1) is 11.8 Å². The van der Waals surface area contributed by atoms with E-state index in [4.69, 9.17) is 0 Å². The average Bonchev–Trinajstić information content (AvgIpc) is 2.74. The number of rotatable bonds is 4. The molecule has 2 aromatic heterocycles. The van der Waals surface area contributed by atoms with Gasteiger partial charge in [-0.15, -0.1) is 24.8 Å². The normalized spacial score (nSPS) is 23.4. The Hall–Kier alpha value is -1.60. The van der Waals surface area contributed by atoms with Gasteiger partial charge in [0.15, 0.2) is 0 Å². The summed E-state index contributed by atoms with van der Waals surface area (Å²) in [6, 6.07) is 7.82. The number of H-pyrrole nitrogens is 1. The first-order chi connectivity index (χ1) is 14.2. The summed E-state index contributed by atoms with van der Waals surface area (Å²) >= 11 is 0. The first kappa shape index (κ1) is 24.1. The van der Waals surface area contributed by atoms with E-state index in [-0.39, 0.29) is 35.9 Å². The van der Waals surface area contributed by atoms with Crippen LogP contribution in [-0.4, -0.2) is 40.6 Å². The lowest BCUT2D eigenvalue weighted by Gasteiger charge is -2.38. The molecule has 0 radical (unpaired) electrons. The van der Waals surface area contributed by atoms with Crippen LogP contribution in [0.15, 0.2) is 40.1 Å². The second kappa shape index (κ2) is 10.3. The van der Waals surface area contributed by atoms with E-state index in [1.807, 2.05) is 12.3 Å². The number of aromatic amines is 1. The highest BCUT2D eigenvalue weighted by molar-refractivity contribution is 5.85. The molecule has 2 atom stereocenters. The third-order valence-corrected chi connectivity index (χ3v) is 7.06. The molecular weight excluding hydrogens is 435 g/mol. The fourth-order valence-corrected chi connectivity index (χ4v) is 5.45. The molecule has 2 aromatic rings. The number of piperidine rings is 2. The minimum Gasteiger partial charge on any atom is -0.329 e. The maximum atomic E-state index is 13.1. The van der Waals surface area contributed by atoms with Crippen molar-refractivity contribution in [3.63, 3.8) is 0 Å². The minimum atomic E-state index is -0.0419. The number of halogens is 2. The van der Waals surface area contributed by atoms with Gasteiger partial charge in [0.25, 0.3) is 5.56 Å². The summed E-state index contributed by atoms with van der Waals surface area (Å²) in [5.41, 5.74) is 3.56. The highest BCUT2D eigenvalue weighted by Crippen LogP contribution is 2.32. The number of fused-ring (bicyclic) bond motifs is 4. The number of likely N-dealkylation sites (tertiary alicyclic amines) is 1. The Bertz CT molecular complexity index is 977. The Kier molecular flexibility index (Phi) is 8.03. The van der Waals surface area contributed by atoms with Crippen LogP contribution in [-0.2, 0) is 19.5 Å². The van der Waals surface area contributed by atoms with E-state index in [1.165, 1.54) is 17.7 Å². The summed E-state index contributed by atoms with van der Waals surface area (Å²) in [6.07, 6.45) is 6.35. The molecule has 8 heteroatoms. The second-order valence-corrected chi connectivity index (χ2v) is 9.14. The molecule has 3 aliphatic rings. The standard InChI is InChI=1S/C23H30N4O2.2ClH/c28-22-4-1-17(12-25-22)9-16-5-7-26(8-6-16)15-19-2-3-21-20-10-18(11-24-13-20)14-27(21)23(19)29;;/h1-4,12,16,18,20,24H,5-11,13-15H2,(H,25,28);2*1H/t18-,20+;;/m0../s1. The fourth-order valence-electron chi connectivity index (χ4n) is 5.45. The predicted octanol–water partition coefficient (Wildman–Crippen LogP) is 2.54. The van der Waals surface area contributed by atoms with Crippen LogP contribution in [0.25, 0.3) is 0 Å². The molecule has 2 saturated heterocycles. The number of aromatic nitrogens is 2. The van der Waals surface area contributed by atoms with Crippen molar-refractivity contribution in [2.75, 3.05) is 26.2 Å². The molecule has 0 spiro atoms. The highest BCUT2D eigenvalue weighted by atomic mass is 35.5. The fraction of sp³-hybridized carbons (Fsp3) is 0.565. The van der Waals surface area contributed by atoms with Crippen LogP contribution in [0.2, 0.25) is 0 Å². The van der Waals surface area contributed by atoms with Gasteiger partial charge in [0.05, 0.1) is 0 Å². The quantitative estimate of drug-likeness (QED) is 0.725. The Balaban J connectivity index is 0.00000136. The maximum absolute atomic E-state index is 13.1. The van der Waals surface area contributed by atoms with Crippen molar-refractivity contribution in [2.45, 2.75) is 44.7 Å². The topological polar surface area (TPSA) is 70.1 Å². The Morgan fingerprint density at radius 1 is 1.00 bits per heavy atom. The molecule has 0 saturated carbocycles. The van der Waals surface area contributed by atoms with Crippen LogP contribution in [0.1, 0.15) is 42.0 Å². The number of nitrogens with zero attached hydrogens (tertiary/aromatic N) is 2. The molecular formula is C23H32Cl2N4O2. The van der Waals surface area contributed by atoms with Gasteiger partial charge in [-0.05, 0) is 68.8 Å². The molecule has 5 rings (SSSR count). The van der Waals surface area contributed by atoms with Crippen molar-refractivity contribution >= 4 is 24.8 Å². The van der Waals surface area contributed by atoms with Crippen LogP contribution < -0.4 is 16.4 Å². The zero-order valence-electron chi connectivity index (χ0n) is 17.7. The van der Waals surface area contributed by atoms with Crippen LogP contribution in [0.5, 0.6) is 0 Å². The highest BCUT2D eigenvalue weighted by Gasteiger charge is 2.31. The summed E-state index contributed by atoms with van der Waals surface area (Å²) < 4.78 is 2.07. The van der Waals surface area contributed by atoms with Gasteiger partial charge in [0, 0.05) is 49.1 Å². The van der Waals surface area contributed by atoms with Gasteiger partial charge in [-0.2, -0.15) is 0 Å². The van der Waals surface area contributed by atoms with Crippen molar-refractivity contribution in [1.29, 1.82) is 0 Å². The van der Waals surface area contributed by atoms with Gasteiger partial charge in [-0.1, -0.05) is 12.1 Å². The molecule has 2 N–H and O–H groups in total. The number of pyridine rings is 2. The minimum absolute atomic E-state index is 0. The van der Waals surface area contributed by atoms with Gasteiger partial charge in [0.2, 0.25) is 5.56 Å². The average molecular weight is 467 g/mol. The number of nitrogens with one attached hydrogen (secondary N) is 2. The SMILES string of the molecule is Cl.Cl.O=c1ccc(CC2CCN(Cc3ccc4n(c3=O)C[C@@H]3CNC[C@H]4C3)CC2)c[nH]1. The zero-order chi connectivity index (χ0) is 19.8. The maximum Gasteiger partial charge on any atom is 0.255 e. The molecule has 0 aliphatic carbocycles. The van der Waals surface area contributed by atoms with Crippen molar-refractivity contribution in [1.82, 2.24) is 19.8 Å². The van der Waals surface area contributed by atoms with Crippen LogP contribution >= 0.6 is 24.8 Å². The van der Waals surface area contributed by atoms with Crippen LogP contribution in [0.4, 0.5) is 0 Å². The monoisotopic (exact) mass is 466 g/mol. The van der Waals surface area contributed by atoms with Gasteiger partial charge >= 0.3 is 0 Å². The third-order valence-electron chi connectivity index (χ3n) is 7.06. The molecule has 2 fully saturated rings. The molecule has 0 unspecified atom stereocenters. The lowest BCUT2D eigenvalue weighted by atomic mass is 9.84. The van der Waals surface area contributed by atoms with Gasteiger partial charge in [0.1, 0.15) is 0 Å². The van der Waals surface area contributed by atoms with Gasteiger partial charge in [-0.3, -0.25) is 14.5 Å². The lowest BCUT2D eigenvalue weighted by molar-refractivity contribution is 0.175. The molecule has 6 nitrogen and oxygen atoms in total. The molecule has 2 bridgehead atoms. The first-order valence-corrected chi connectivity index (χ1v) is 11.0. The van der Waals surface area contributed by atoms with Crippen molar-refractivity contribution in [3.05, 3.63) is 68.0 Å². The summed E-state index contributed by atoms with van der Waals surface area (Å²) in [6.45, 7) is 5.73. The third kappa shape index (κ3) is 5.25. The van der Waals surface area contributed by atoms with E-state index in [1.54, 1.807) is 6.07 Å². The van der Waals surface area contributed by atoms with Crippen molar-refractivity contribution in [2.24, 2.45) is 11.8 Å². The molecule has 31 heavy (non-hydrogen) atoms. The molecule has 170 valence electrons. The zero-order valence-corrected chi connectivity index (χ0v) is 19.4. The largest absolute Gasteiger partial charge is 0.329 e. The second-order valence-electron chi connectivity index (χ2n) is 9.14. The summed E-state index contributed by atoms with van der Waals surface area (Å²) in [5.74, 6) is 1.74. The van der Waals surface area contributed by atoms with Crippen LogP contribution in [0.3, 0.4) is 0 Å². The molecule has 3 aliphatic heterocycles. The Morgan fingerprint density at radius 3 is 2.55 bits per heavy atom. The van der Waals surface area contributed by atoms with E-state index in [9.17, 15) is 9.59 Å². The first-order valence-electron chi connectivity index (χ1n) is 11.0. The summed E-state index contributed by atoms with van der Waals surface area (Å²) in [7, 11) is 0. The predicted molar refractivity (Wildman–Crippen MR) is 128 cm³/mol. The summed E-state index contributed by atoms with van der Waals surface area (Å²) in [5, 5.41) is 3.51. The van der Waals surface area contributed by atoms with E-state index in [0.29, 0.717) is 17.8 Å². The van der Waals surface area contributed by atoms with E-state index in [0.717, 1.165) is 64.1 Å². The Labute approximate surface area is 195 Å². The number of hydrogen-bond donors (Lipinski definition) is 2. The van der Waals surface area contributed by atoms with Crippen molar-refractivity contribution in [3.8, 4) is 0 Å². The smallest absolute Gasteiger partial charge is 0.255 e. The van der Waals surface area contributed by atoms with Gasteiger partial charge in [-0.25, -0.2) is 0 Å². The van der Waals surface area contributed by atoms with Crippen molar-refractivity contribution < 1.29 is 0 Å².